The number of nitrogens with zero attached hydrogens (tertiary/aromatic N) is 2. The van der Waals surface area contributed by atoms with Crippen LogP contribution < -0.4 is 0 Å². The van der Waals surface area contributed by atoms with Crippen LogP contribution in [0, 0.1) is 10.1 Å². The van der Waals surface area contributed by atoms with Gasteiger partial charge in [-0.05, 0) is 76.2 Å². The summed E-state index contributed by atoms with van der Waals surface area (Å²) >= 11 is 6.90. The normalized spacial score (nSPS) is 12.3. The molecule has 4 rings (SSSR count). The zero-order valence-corrected chi connectivity index (χ0v) is 22.2. The number of hydrogen-bond acceptors (Lipinski definition) is 4. The van der Waals surface area contributed by atoms with Crippen molar-refractivity contribution in [3.05, 3.63) is 81.9 Å². The third-order valence-electron chi connectivity index (χ3n) is 5.69. The number of carbonyl (C=O) groups excluding carboxylic acids is 2. The number of benzene rings is 3. The standard InChI is InChI=1S/C26H22Br2N2O4/c1-25(2,27)23(31)15-5-11-21-19(13-15)20-14-16(24(32)26(3,4)28)6-12-22(20)29(21)17-7-9-18(10-8-17)30(33)34/h5-14H,1-4H3. The van der Waals surface area contributed by atoms with E-state index in [1.165, 1.54) is 12.1 Å². The first-order valence-electron chi connectivity index (χ1n) is 10.6. The Morgan fingerprint density at radius 2 is 1.18 bits per heavy atom. The first-order chi connectivity index (χ1) is 15.8. The van der Waals surface area contributed by atoms with Gasteiger partial charge in [-0.2, -0.15) is 0 Å². The molecule has 8 heteroatoms. The highest BCUT2D eigenvalue weighted by Crippen LogP contribution is 2.36. The Hall–Kier alpha value is -2.84. The van der Waals surface area contributed by atoms with E-state index in [4.69, 9.17) is 0 Å². The fraction of sp³-hybridized carbons (Fsp3) is 0.231. The number of Topliss-reactive ketones (excluding diaryl/α,β-unsaturated/α-hetero) is 2. The van der Waals surface area contributed by atoms with Gasteiger partial charge in [0.15, 0.2) is 11.6 Å². The number of halogens is 2. The first kappa shape index (κ1) is 24.3. The van der Waals surface area contributed by atoms with E-state index in [1.807, 2.05) is 28.8 Å². The van der Waals surface area contributed by atoms with E-state index in [-0.39, 0.29) is 17.3 Å². The molecule has 0 atom stereocenters. The molecule has 3 aromatic carbocycles. The van der Waals surface area contributed by atoms with Crippen molar-refractivity contribution in [3.8, 4) is 5.69 Å². The highest BCUT2D eigenvalue weighted by atomic mass is 79.9. The summed E-state index contributed by atoms with van der Waals surface area (Å²) in [6.07, 6.45) is 0. The smallest absolute Gasteiger partial charge is 0.269 e. The fourth-order valence-corrected chi connectivity index (χ4v) is 4.45. The highest BCUT2D eigenvalue weighted by molar-refractivity contribution is 9.10. The Bertz CT molecular complexity index is 1390. The van der Waals surface area contributed by atoms with Crippen LogP contribution in [-0.2, 0) is 0 Å². The average Bonchev–Trinajstić information content (AvgIpc) is 3.09. The summed E-state index contributed by atoms with van der Waals surface area (Å²) in [5.74, 6) is -0.112. The topological polar surface area (TPSA) is 82.2 Å². The number of alkyl halides is 2. The van der Waals surface area contributed by atoms with E-state index in [0.29, 0.717) is 11.1 Å². The minimum absolute atomic E-state index is 0.00406. The molecule has 0 amide bonds. The van der Waals surface area contributed by atoms with Gasteiger partial charge in [-0.1, -0.05) is 31.9 Å². The van der Waals surface area contributed by atoms with Crippen LogP contribution in [0.15, 0.2) is 60.7 Å². The van der Waals surface area contributed by atoms with Gasteiger partial charge in [0.05, 0.1) is 24.6 Å². The molecule has 0 saturated heterocycles. The summed E-state index contributed by atoms with van der Waals surface area (Å²) in [7, 11) is 0. The van der Waals surface area contributed by atoms with Gasteiger partial charge in [-0.15, -0.1) is 0 Å². The number of fused-ring (bicyclic) bond motifs is 3. The van der Waals surface area contributed by atoms with E-state index in [9.17, 15) is 19.7 Å². The number of nitro benzene ring substituents is 1. The molecule has 0 aliphatic carbocycles. The van der Waals surface area contributed by atoms with Gasteiger partial charge in [-0.25, -0.2) is 0 Å². The lowest BCUT2D eigenvalue weighted by molar-refractivity contribution is -0.384. The summed E-state index contributed by atoms with van der Waals surface area (Å²) in [5, 5.41) is 12.8. The molecular formula is C26H22Br2N2O4. The quantitative estimate of drug-likeness (QED) is 0.102. The summed E-state index contributed by atoms with van der Waals surface area (Å²) in [4.78, 5) is 36.6. The van der Waals surface area contributed by atoms with Crippen molar-refractivity contribution in [2.75, 3.05) is 0 Å². The Labute approximate surface area is 213 Å². The van der Waals surface area contributed by atoms with Crippen molar-refractivity contribution in [1.29, 1.82) is 0 Å². The van der Waals surface area contributed by atoms with Crippen LogP contribution in [0.1, 0.15) is 48.4 Å². The van der Waals surface area contributed by atoms with Crippen molar-refractivity contribution >= 4 is 70.9 Å². The molecule has 0 fully saturated rings. The third kappa shape index (κ3) is 4.32. The molecular weight excluding hydrogens is 564 g/mol. The SMILES string of the molecule is CC(C)(Br)C(=O)c1ccc2c(c1)c1cc(C(=O)C(C)(C)Br)ccc1n2-c1ccc([N+](=O)[O-])cc1. The number of non-ortho nitro benzene ring substituents is 1. The van der Waals surface area contributed by atoms with Crippen LogP contribution in [0.3, 0.4) is 0 Å². The number of nitro groups is 1. The van der Waals surface area contributed by atoms with Gasteiger partial charge >= 0.3 is 0 Å². The number of hydrogen-bond donors (Lipinski definition) is 0. The van der Waals surface area contributed by atoms with Crippen LogP contribution >= 0.6 is 31.9 Å². The summed E-state index contributed by atoms with van der Waals surface area (Å²) < 4.78 is 0.534. The molecule has 0 aliphatic heterocycles. The minimum Gasteiger partial charge on any atom is -0.309 e. The fourth-order valence-electron chi connectivity index (χ4n) is 3.99. The van der Waals surface area contributed by atoms with E-state index in [1.54, 1.807) is 52.0 Å². The lowest BCUT2D eigenvalue weighted by Crippen LogP contribution is -2.24. The van der Waals surface area contributed by atoms with E-state index in [0.717, 1.165) is 27.5 Å². The Morgan fingerprint density at radius 1 is 0.765 bits per heavy atom. The van der Waals surface area contributed by atoms with Crippen molar-refractivity contribution in [2.45, 2.75) is 36.3 Å². The zero-order valence-electron chi connectivity index (χ0n) is 19.1. The molecule has 34 heavy (non-hydrogen) atoms. The van der Waals surface area contributed by atoms with Crippen LogP contribution in [0.2, 0.25) is 0 Å². The molecule has 6 nitrogen and oxygen atoms in total. The first-order valence-corrected chi connectivity index (χ1v) is 12.2. The molecule has 1 aromatic heterocycles. The Kier molecular flexibility index (Phi) is 6.02. The Morgan fingerprint density at radius 3 is 1.53 bits per heavy atom. The summed E-state index contributed by atoms with van der Waals surface area (Å²) in [6, 6.07) is 17.3. The average molecular weight is 586 g/mol. The van der Waals surface area contributed by atoms with Crippen molar-refractivity contribution < 1.29 is 14.5 Å². The van der Waals surface area contributed by atoms with Gasteiger partial charge in [0, 0.05) is 39.7 Å². The van der Waals surface area contributed by atoms with Gasteiger partial charge in [-0.3, -0.25) is 19.7 Å². The number of ketones is 2. The second-order valence-corrected chi connectivity index (χ2v) is 13.1. The maximum absolute atomic E-state index is 13.0. The van der Waals surface area contributed by atoms with Crippen molar-refractivity contribution in [3.63, 3.8) is 0 Å². The second kappa shape index (κ2) is 8.43. The summed E-state index contributed by atoms with van der Waals surface area (Å²) in [5.41, 5.74) is 3.50. The maximum Gasteiger partial charge on any atom is 0.269 e. The second-order valence-electron chi connectivity index (χ2n) is 9.18. The van der Waals surface area contributed by atoms with E-state index in [2.05, 4.69) is 31.9 Å². The lowest BCUT2D eigenvalue weighted by Gasteiger charge is -2.15. The molecule has 0 unspecified atom stereocenters. The molecule has 0 spiro atoms. The monoisotopic (exact) mass is 584 g/mol. The zero-order chi connectivity index (χ0) is 25.0. The van der Waals surface area contributed by atoms with E-state index >= 15 is 0 Å². The highest BCUT2D eigenvalue weighted by Gasteiger charge is 2.28. The van der Waals surface area contributed by atoms with Gasteiger partial charge in [0.1, 0.15) is 0 Å². The molecule has 0 N–H and O–H groups in total. The van der Waals surface area contributed by atoms with Crippen LogP contribution in [0.25, 0.3) is 27.5 Å². The predicted molar refractivity (Wildman–Crippen MR) is 142 cm³/mol. The maximum atomic E-state index is 13.0. The van der Waals surface area contributed by atoms with Crippen molar-refractivity contribution in [2.24, 2.45) is 0 Å². The van der Waals surface area contributed by atoms with Crippen LogP contribution in [0.5, 0.6) is 0 Å². The van der Waals surface area contributed by atoms with E-state index < -0.39 is 13.6 Å². The largest absolute Gasteiger partial charge is 0.309 e. The molecule has 0 saturated carbocycles. The Balaban J connectivity index is 2.03. The van der Waals surface area contributed by atoms with Gasteiger partial charge < -0.3 is 4.57 Å². The van der Waals surface area contributed by atoms with Gasteiger partial charge in [0.25, 0.3) is 5.69 Å². The number of carbonyl (C=O) groups is 2. The minimum atomic E-state index is -0.724. The molecule has 0 radical (unpaired) electrons. The molecule has 0 aliphatic rings. The van der Waals surface area contributed by atoms with Crippen LogP contribution in [0.4, 0.5) is 5.69 Å². The number of rotatable bonds is 6. The predicted octanol–water partition coefficient (Wildman–Crippen LogP) is 7.40. The molecule has 0 bridgehead atoms. The summed E-state index contributed by atoms with van der Waals surface area (Å²) in [6.45, 7) is 7.20. The van der Waals surface area contributed by atoms with Crippen molar-refractivity contribution in [1.82, 2.24) is 4.57 Å². The van der Waals surface area contributed by atoms with Gasteiger partial charge in [0.2, 0.25) is 0 Å². The number of aromatic nitrogens is 1. The molecule has 1 heterocycles. The molecule has 4 aromatic rings. The van der Waals surface area contributed by atoms with Crippen LogP contribution in [-0.4, -0.2) is 29.7 Å². The lowest BCUT2D eigenvalue weighted by atomic mass is 9.97. The molecule has 174 valence electrons. The third-order valence-corrected chi connectivity index (χ3v) is 6.41.